The second-order valence-electron chi connectivity index (χ2n) is 4.90. The summed E-state index contributed by atoms with van der Waals surface area (Å²) in [5, 5.41) is 2.34. The van der Waals surface area contributed by atoms with E-state index in [4.69, 9.17) is 0 Å². The van der Waals surface area contributed by atoms with Gasteiger partial charge in [0.2, 0.25) is 0 Å². The Morgan fingerprint density at radius 2 is 1.62 bits per heavy atom. The van der Waals surface area contributed by atoms with Crippen molar-refractivity contribution in [2.45, 2.75) is 11.8 Å². The molecular weight excluding hydrogens is 278 g/mol. The van der Waals surface area contributed by atoms with E-state index in [0.717, 1.165) is 21.4 Å². The Labute approximate surface area is 126 Å². The van der Waals surface area contributed by atoms with E-state index in [9.17, 15) is 4.21 Å². The zero-order valence-electron chi connectivity index (χ0n) is 11.7. The van der Waals surface area contributed by atoms with Crippen molar-refractivity contribution in [2.75, 3.05) is 0 Å². The molecule has 21 heavy (non-hydrogen) atoms. The van der Waals surface area contributed by atoms with E-state index in [-0.39, 0.29) is 0 Å². The van der Waals surface area contributed by atoms with E-state index in [1.165, 1.54) is 5.39 Å². The summed E-state index contributed by atoms with van der Waals surface area (Å²) >= 11 is 0. The van der Waals surface area contributed by atoms with Crippen LogP contribution in [-0.2, 0) is 11.0 Å². The third-order valence-electron chi connectivity index (χ3n) is 3.29. The first kappa shape index (κ1) is 13.7. The molecule has 3 aromatic rings. The fraction of sp³-hybridized carbons (Fsp3) is 0.0556. The van der Waals surface area contributed by atoms with Crippen molar-refractivity contribution in [3.05, 3.63) is 77.9 Å². The minimum atomic E-state index is -1.36. The molecule has 2 nitrogen and oxygen atoms in total. The van der Waals surface area contributed by atoms with Crippen LogP contribution in [0.5, 0.6) is 0 Å². The first-order valence-corrected chi connectivity index (χ1v) is 7.84. The minimum Gasteiger partial charge on any atom is -0.229 e. The lowest BCUT2D eigenvalue weighted by Gasteiger charge is -1.99. The van der Waals surface area contributed by atoms with E-state index in [1.807, 2.05) is 61.5 Å². The molecule has 3 aromatic carbocycles. The van der Waals surface area contributed by atoms with Gasteiger partial charge in [0.05, 0.1) is 4.90 Å². The summed E-state index contributed by atoms with van der Waals surface area (Å²) in [6.45, 7) is 2.01. The van der Waals surface area contributed by atoms with Gasteiger partial charge in [-0.1, -0.05) is 54.1 Å². The number of benzene rings is 3. The minimum absolute atomic E-state index is 0.720. The summed E-state index contributed by atoms with van der Waals surface area (Å²) in [5.41, 5.74) is 2.10. The van der Waals surface area contributed by atoms with Crippen molar-refractivity contribution in [1.29, 1.82) is 0 Å². The average Bonchev–Trinajstić information content (AvgIpc) is 2.53. The molecule has 0 heterocycles. The molecule has 0 fully saturated rings. The Bertz CT molecular complexity index is 822. The van der Waals surface area contributed by atoms with Crippen LogP contribution in [-0.4, -0.2) is 10.4 Å². The van der Waals surface area contributed by atoms with Gasteiger partial charge in [0.1, 0.15) is 0 Å². The highest BCUT2D eigenvalue weighted by molar-refractivity contribution is 7.83. The summed E-state index contributed by atoms with van der Waals surface area (Å²) < 4.78 is 16.3. The molecule has 1 unspecified atom stereocenters. The van der Waals surface area contributed by atoms with Gasteiger partial charge in [-0.05, 0) is 41.5 Å². The second kappa shape index (κ2) is 6.02. The maximum Gasteiger partial charge on any atom is 0.172 e. The van der Waals surface area contributed by atoms with E-state index in [0.29, 0.717) is 0 Å². The molecule has 0 saturated heterocycles. The first-order valence-electron chi connectivity index (χ1n) is 6.74. The SMILES string of the molecule is Cc1ccc(S(=O)/N=C/c2ccc3ccccc3c2)cc1. The van der Waals surface area contributed by atoms with Crippen LogP contribution in [0.25, 0.3) is 10.8 Å². The molecule has 0 aliphatic rings. The van der Waals surface area contributed by atoms with E-state index < -0.39 is 11.0 Å². The number of nitrogens with zero attached hydrogens (tertiary/aromatic N) is 1. The van der Waals surface area contributed by atoms with Gasteiger partial charge in [-0.2, -0.15) is 4.40 Å². The summed E-state index contributed by atoms with van der Waals surface area (Å²) in [7, 11) is -1.36. The van der Waals surface area contributed by atoms with Crippen LogP contribution in [0, 0.1) is 6.92 Å². The quantitative estimate of drug-likeness (QED) is 0.662. The molecule has 0 aliphatic heterocycles. The largest absolute Gasteiger partial charge is 0.229 e. The van der Waals surface area contributed by atoms with Crippen molar-refractivity contribution in [1.82, 2.24) is 0 Å². The Kier molecular flexibility index (Phi) is 3.93. The smallest absolute Gasteiger partial charge is 0.172 e. The fourth-order valence-electron chi connectivity index (χ4n) is 2.11. The predicted octanol–water partition coefficient (Wildman–Crippen LogP) is 4.29. The Morgan fingerprint density at radius 3 is 2.38 bits per heavy atom. The number of aryl methyl sites for hydroxylation is 1. The zero-order valence-corrected chi connectivity index (χ0v) is 12.5. The van der Waals surface area contributed by atoms with E-state index in [1.54, 1.807) is 6.21 Å². The van der Waals surface area contributed by atoms with Crippen molar-refractivity contribution in [3.8, 4) is 0 Å². The molecule has 0 aromatic heterocycles. The van der Waals surface area contributed by atoms with Crippen LogP contribution in [0.2, 0.25) is 0 Å². The van der Waals surface area contributed by atoms with Crippen LogP contribution < -0.4 is 0 Å². The Hall–Kier alpha value is -2.26. The topological polar surface area (TPSA) is 29.4 Å². The molecule has 0 amide bonds. The lowest BCUT2D eigenvalue weighted by atomic mass is 10.1. The molecule has 0 radical (unpaired) electrons. The highest BCUT2D eigenvalue weighted by Gasteiger charge is 2.00. The lowest BCUT2D eigenvalue weighted by molar-refractivity contribution is 0.684. The number of hydrogen-bond acceptors (Lipinski definition) is 1. The van der Waals surface area contributed by atoms with Gasteiger partial charge in [0, 0.05) is 6.21 Å². The van der Waals surface area contributed by atoms with E-state index in [2.05, 4.69) is 16.5 Å². The van der Waals surface area contributed by atoms with Crippen LogP contribution in [0.15, 0.2) is 76.0 Å². The number of fused-ring (bicyclic) bond motifs is 1. The molecule has 104 valence electrons. The van der Waals surface area contributed by atoms with Gasteiger partial charge in [-0.3, -0.25) is 0 Å². The molecular formula is C18H15NOS. The molecule has 0 spiro atoms. The maximum absolute atomic E-state index is 12.1. The Balaban J connectivity index is 1.83. The normalized spacial score (nSPS) is 12.8. The lowest BCUT2D eigenvalue weighted by Crippen LogP contribution is -1.89. The van der Waals surface area contributed by atoms with Gasteiger partial charge in [-0.25, -0.2) is 4.21 Å². The van der Waals surface area contributed by atoms with Gasteiger partial charge >= 0.3 is 0 Å². The first-order chi connectivity index (χ1) is 10.2. The van der Waals surface area contributed by atoms with Crippen LogP contribution in [0.3, 0.4) is 0 Å². The molecule has 3 rings (SSSR count). The average molecular weight is 293 g/mol. The zero-order chi connectivity index (χ0) is 14.7. The Morgan fingerprint density at radius 1 is 0.905 bits per heavy atom. The van der Waals surface area contributed by atoms with Crippen LogP contribution >= 0.6 is 0 Å². The summed E-state index contributed by atoms with van der Waals surface area (Å²) in [6, 6.07) is 21.8. The van der Waals surface area contributed by atoms with Crippen molar-refractivity contribution >= 4 is 28.0 Å². The third kappa shape index (κ3) is 3.26. The van der Waals surface area contributed by atoms with Gasteiger partial charge in [-0.15, -0.1) is 0 Å². The van der Waals surface area contributed by atoms with Gasteiger partial charge < -0.3 is 0 Å². The summed E-state index contributed by atoms with van der Waals surface area (Å²) in [5.74, 6) is 0. The highest BCUT2D eigenvalue weighted by atomic mass is 32.2. The fourth-order valence-corrected chi connectivity index (χ4v) is 2.82. The predicted molar refractivity (Wildman–Crippen MR) is 89.1 cm³/mol. The van der Waals surface area contributed by atoms with Gasteiger partial charge in [0.15, 0.2) is 11.0 Å². The second-order valence-corrected chi connectivity index (χ2v) is 6.08. The standard InChI is InChI=1S/C18H15NOS/c1-14-6-10-18(11-7-14)21(20)19-13-15-8-9-16-4-2-3-5-17(16)12-15/h2-13H,1H3/b19-13+. The number of rotatable bonds is 3. The highest BCUT2D eigenvalue weighted by Crippen LogP contribution is 2.15. The molecule has 0 aliphatic carbocycles. The molecule has 0 bridgehead atoms. The molecule has 0 N–H and O–H groups in total. The van der Waals surface area contributed by atoms with E-state index >= 15 is 0 Å². The van der Waals surface area contributed by atoms with Crippen molar-refractivity contribution < 1.29 is 4.21 Å². The van der Waals surface area contributed by atoms with Gasteiger partial charge in [0.25, 0.3) is 0 Å². The van der Waals surface area contributed by atoms with Crippen molar-refractivity contribution in [3.63, 3.8) is 0 Å². The van der Waals surface area contributed by atoms with Crippen molar-refractivity contribution in [2.24, 2.45) is 4.40 Å². The third-order valence-corrected chi connectivity index (χ3v) is 4.27. The monoisotopic (exact) mass is 293 g/mol. The van der Waals surface area contributed by atoms with Crippen LogP contribution in [0.1, 0.15) is 11.1 Å². The maximum atomic E-state index is 12.1. The van der Waals surface area contributed by atoms with Crippen LogP contribution in [0.4, 0.5) is 0 Å². The molecule has 0 saturated carbocycles. The summed E-state index contributed by atoms with van der Waals surface area (Å²) in [4.78, 5) is 0.720. The summed E-state index contributed by atoms with van der Waals surface area (Å²) in [6.07, 6.45) is 1.67. The number of hydrogen-bond donors (Lipinski definition) is 0. The molecule has 1 atom stereocenters. The molecule has 3 heteroatoms.